The number of benzene rings is 1. The van der Waals surface area contributed by atoms with Crippen molar-refractivity contribution in [2.24, 2.45) is 5.73 Å². The second kappa shape index (κ2) is 5.45. The second-order valence-electron chi connectivity index (χ2n) is 6.10. The van der Waals surface area contributed by atoms with Gasteiger partial charge in [-0.1, -0.05) is 41.6 Å². The van der Waals surface area contributed by atoms with Crippen LogP contribution in [0.25, 0.3) is 0 Å². The molecule has 19 heavy (non-hydrogen) atoms. The molecule has 0 aromatic heterocycles. The van der Waals surface area contributed by atoms with Gasteiger partial charge < -0.3 is 10.5 Å². The fourth-order valence-electron chi connectivity index (χ4n) is 3.47. The van der Waals surface area contributed by atoms with E-state index in [1.165, 1.54) is 36.8 Å². The lowest BCUT2D eigenvalue weighted by molar-refractivity contribution is 0.336. The number of fused-ring (bicyclic) bond motifs is 1. The molecule has 1 saturated carbocycles. The van der Waals surface area contributed by atoms with Gasteiger partial charge in [0.15, 0.2) is 0 Å². The quantitative estimate of drug-likeness (QED) is 0.835. The lowest BCUT2D eigenvalue weighted by Gasteiger charge is -2.29. The van der Waals surface area contributed by atoms with Crippen LogP contribution in [-0.4, -0.2) is 12.1 Å². The summed E-state index contributed by atoms with van der Waals surface area (Å²) in [6.45, 7) is 0.816. The minimum atomic E-state index is -0.0307. The van der Waals surface area contributed by atoms with Crippen LogP contribution in [0.1, 0.15) is 49.7 Å². The highest BCUT2D eigenvalue weighted by Gasteiger charge is 2.29. The molecule has 1 aliphatic heterocycles. The van der Waals surface area contributed by atoms with E-state index in [-0.39, 0.29) is 5.54 Å². The molecule has 1 aromatic carbocycles. The second-order valence-corrected chi connectivity index (χ2v) is 7.02. The van der Waals surface area contributed by atoms with E-state index in [4.69, 9.17) is 10.5 Å². The zero-order valence-electron chi connectivity index (χ0n) is 11.4. The van der Waals surface area contributed by atoms with E-state index in [0.717, 1.165) is 42.5 Å². The lowest BCUT2D eigenvalue weighted by atomic mass is 9.84. The minimum absolute atomic E-state index is 0.0307. The lowest BCUT2D eigenvalue weighted by Crippen LogP contribution is -2.41. The highest BCUT2D eigenvalue weighted by Crippen LogP contribution is 2.37. The molecule has 2 nitrogen and oxygen atoms in total. The molecular formula is C16H22BrNO. The number of rotatable bonds is 2. The summed E-state index contributed by atoms with van der Waals surface area (Å²) in [5.41, 5.74) is 9.27. The van der Waals surface area contributed by atoms with E-state index in [1.807, 2.05) is 0 Å². The fraction of sp³-hybridized carbons (Fsp3) is 0.625. The summed E-state index contributed by atoms with van der Waals surface area (Å²) in [5.74, 6) is 1.11. The van der Waals surface area contributed by atoms with E-state index in [1.54, 1.807) is 0 Å². The molecule has 3 rings (SSSR count). The molecule has 0 atom stereocenters. The molecule has 0 spiro atoms. The van der Waals surface area contributed by atoms with Crippen molar-refractivity contribution in [1.29, 1.82) is 0 Å². The van der Waals surface area contributed by atoms with Gasteiger partial charge in [0.1, 0.15) is 5.75 Å². The predicted octanol–water partition coefficient (Wildman–Crippen LogP) is 3.98. The summed E-state index contributed by atoms with van der Waals surface area (Å²) < 4.78 is 6.98. The molecule has 0 unspecified atom stereocenters. The monoisotopic (exact) mass is 323 g/mol. The molecule has 1 aromatic rings. The van der Waals surface area contributed by atoms with Crippen molar-refractivity contribution < 1.29 is 4.74 Å². The third-order valence-electron chi connectivity index (χ3n) is 4.47. The molecule has 0 bridgehead atoms. The van der Waals surface area contributed by atoms with Crippen molar-refractivity contribution in [1.82, 2.24) is 0 Å². The Hall–Kier alpha value is -0.540. The van der Waals surface area contributed by atoms with Gasteiger partial charge >= 0.3 is 0 Å². The van der Waals surface area contributed by atoms with Crippen LogP contribution >= 0.6 is 15.9 Å². The van der Waals surface area contributed by atoms with Gasteiger partial charge in [0, 0.05) is 16.4 Å². The Kier molecular flexibility index (Phi) is 3.86. The largest absolute Gasteiger partial charge is 0.493 e. The number of halogens is 1. The van der Waals surface area contributed by atoms with E-state index in [9.17, 15) is 0 Å². The number of hydrogen-bond donors (Lipinski definition) is 1. The normalized spacial score (nSPS) is 21.6. The Balaban J connectivity index is 1.86. The first-order chi connectivity index (χ1) is 9.16. The van der Waals surface area contributed by atoms with Crippen molar-refractivity contribution in [3.05, 3.63) is 27.7 Å². The highest BCUT2D eigenvalue weighted by molar-refractivity contribution is 9.10. The molecule has 2 N–H and O–H groups in total. The van der Waals surface area contributed by atoms with Gasteiger partial charge in [-0.15, -0.1) is 0 Å². The SMILES string of the molecule is NC1(Cc2cc(Br)cc3c2OCC3)CCCCCC1. The van der Waals surface area contributed by atoms with E-state index in [2.05, 4.69) is 28.1 Å². The molecule has 0 saturated heterocycles. The van der Waals surface area contributed by atoms with Crippen LogP contribution in [0.15, 0.2) is 16.6 Å². The van der Waals surface area contributed by atoms with Gasteiger partial charge in [-0.3, -0.25) is 0 Å². The van der Waals surface area contributed by atoms with Gasteiger partial charge in [0.2, 0.25) is 0 Å². The van der Waals surface area contributed by atoms with Crippen molar-refractivity contribution >= 4 is 15.9 Å². The highest BCUT2D eigenvalue weighted by atomic mass is 79.9. The van der Waals surface area contributed by atoms with Gasteiger partial charge in [0.05, 0.1) is 6.61 Å². The van der Waals surface area contributed by atoms with Crippen LogP contribution in [0, 0.1) is 0 Å². The molecule has 2 aliphatic rings. The van der Waals surface area contributed by atoms with Crippen molar-refractivity contribution in [3.63, 3.8) is 0 Å². The Bertz CT molecular complexity index is 464. The maximum absolute atomic E-state index is 6.66. The van der Waals surface area contributed by atoms with Crippen LogP contribution in [0.3, 0.4) is 0 Å². The number of nitrogens with two attached hydrogens (primary N) is 1. The van der Waals surface area contributed by atoms with Crippen LogP contribution in [0.2, 0.25) is 0 Å². The maximum Gasteiger partial charge on any atom is 0.125 e. The summed E-state index contributed by atoms with van der Waals surface area (Å²) in [6.07, 6.45) is 9.50. The topological polar surface area (TPSA) is 35.2 Å². The van der Waals surface area contributed by atoms with Crippen molar-refractivity contribution in [2.45, 2.75) is 56.9 Å². The third kappa shape index (κ3) is 2.97. The smallest absolute Gasteiger partial charge is 0.125 e. The Morgan fingerprint density at radius 2 is 1.89 bits per heavy atom. The number of ether oxygens (including phenoxy) is 1. The first-order valence-electron chi connectivity index (χ1n) is 7.39. The molecule has 1 fully saturated rings. The molecule has 104 valence electrons. The van der Waals surface area contributed by atoms with Crippen molar-refractivity contribution in [3.8, 4) is 5.75 Å². The Morgan fingerprint density at radius 3 is 2.63 bits per heavy atom. The Morgan fingerprint density at radius 1 is 1.16 bits per heavy atom. The molecule has 1 aliphatic carbocycles. The summed E-state index contributed by atoms with van der Waals surface area (Å²) >= 11 is 3.62. The first-order valence-corrected chi connectivity index (χ1v) is 8.19. The third-order valence-corrected chi connectivity index (χ3v) is 4.93. The molecule has 3 heteroatoms. The zero-order valence-corrected chi connectivity index (χ0v) is 13.0. The standard InChI is InChI=1S/C16H22BrNO/c17-14-9-12-5-8-19-15(12)13(10-14)11-16(18)6-3-1-2-4-7-16/h9-10H,1-8,11,18H2. The molecule has 1 heterocycles. The molecular weight excluding hydrogens is 302 g/mol. The average Bonchev–Trinajstić information content (AvgIpc) is 2.72. The van der Waals surface area contributed by atoms with E-state index in [0.29, 0.717) is 0 Å². The summed E-state index contributed by atoms with van der Waals surface area (Å²) in [6, 6.07) is 4.38. The van der Waals surface area contributed by atoms with Gasteiger partial charge in [-0.25, -0.2) is 0 Å². The summed E-state index contributed by atoms with van der Waals surface area (Å²) in [7, 11) is 0. The zero-order chi connectivity index (χ0) is 13.3. The van der Waals surface area contributed by atoms with Crippen LogP contribution < -0.4 is 10.5 Å². The van der Waals surface area contributed by atoms with Crippen LogP contribution in [-0.2, 0) is 12.8 Å². The summed E-state index contributed by atoms with van der Waals surface area (Å²) in [4.78, 5) is 0. The van der Waals surface area contributed by atoms with Gasteiger partial charge in [-0.05, 0) is 42.5 Å². The van der Waals surface area contributed by atoms with Crippen LogP contribution in [0.5, 0.6) is 5.75 Å². The van der Waals surface area contributed by atoms with Crippen LogP contribution in [0.4, 0.5) is 0 Å². The van der Waals surface area contributed by atoms with E-state index < -0.39 is 0 Å². The van der Waals surface area contributed by atoms with E-state index >= 15 is 0 Å². The molecule has 0 amide bonds. The first kappa shape index (κ1) is 13.4. The predicted molar refractivity (Wildman–Crippen MR) is 81.7 cm³/mol. The average molecular weight is 324 g/mol. The van der Waals surface area contributed by atoms with Gasteiger partial charge in [0.25, 0.3) is 0 Å². The Labute approximate surface area is 123 Å². The number of hydrogen-bond acceptors (Lipinski definition) is 2. The van der Waals surface area contributed by atoms with Crippen molar-refractivity contribution in [2.75, 3.05) is 6.61 Å². The van der Waals surface area contributed by atoms with Gasteiger partial charge in [-0.2, -0.15) is 0 Å². The summed E-state index contributed by atoms with van der Waals surface area (Å²) in [5, 5.41) is 0. The molecule has 0 radical (unpaired) electrons. The fourth-order valence-corrected chi connectivity index (χ4v) is 4.02. The minimum Gasteiger partial charge on any atom is -0.493 e. The maximum atomic E-state index is 6.66.